The summed E-state index contributed by atoms with van der Waals surface area (Å²) < 4.78 is 7.55. The quantitative estimate of drug-likeness (QED) is 0.830. The van der Waals surface area contributed by atoms with Crippen LogP contribution in [0.25, 0.3) is 0 Å². The summed E-state index contributed by atoms with van der Waals surface area (Å²) in [6.45, 7) is 4.40. The maximum Gasteiger partial charge on any atom is 0.135 e. The van der Waals surface area contributed by atoms with Crippen LogP contribution in [0.3, 0.4) is 0 Å². The average molecular weight is 404 g/mol. The summed E-state index contributed by atoms with van der Waals surface area (Å²) in [5.41, 5.74) is 1.23. The van der Waals surface area contributed by atoms with E-state index in [4.69, 9.17) is 4.74 Å². The van der Waals surface area contributed by atoms with Crippen molar-refractivity contribution in [1.82, 2.24) is 5.32 Å². The highest BCUT2D eigenvalue weighted by Gasteiger charge is 2.36. The molecule has 2 unspecified atom stereocenters. The molecule has 0 spiro atoms. The zero-order chi connectivity index (χ0) is 14.3. The Hall–Kier alpha value is -0.260. The van der Waals surface area contributed by atoms with Gasteiger partial charge in [-0.15, -0.1) is 0 Å². The lowest BCUT2D eigenvalue weighted by molar-refractivity contribution is 0.374. The van der Waals surface area contributed by atoms with Crippen molar-refractivity contribution in [3.05, 3.63) is 21.1 Å². The summed E-state index contributed by atoms with van der Waals surface area (Å²) in [4.78, 5) is 2.50. The van der Waals surface area contributed by atoms with E-state index in [-0.39, 0.29) is 0 Å². The van der Waals surface area contributed by atoms with Gasteiger partial charge in [0.05, 0.1) is 17.3 Å². The molecule has 0 amide bonds. The minimum absolute atomic E-state index is 0.493. The molecule has 110 valence electrons. The van der Waals surface area contributed by atoms with Gasteiger partial charge in [-0.3, -0.25) is 0 Å². The van der Waals surface area contributed by atoms with Crippen LogP contribution in [-0.2, 0) is 0 Å². The van der Waals surface area contributed by atoms with Crippen LogP contribution in [0.5, 0.6) is 5.75 Å². The average Bonchev–Trinajstić information content (AvgIpc) is 3.24. The highest BCUT2D eigenvalue weighted by Crippen LogP contribution is 2.40. The smallest absolute Gasteiger partial charge is 0.135 e. The molecule has 1 aromatic carbocycles. The topological polar surface area (TPSA) is 24.5 Å². The maximum absolute atomic E-state index is 5.44. The Kier molecular flexibility index (Phi) is 4.29. The molecule has 1 aromatic rings. The van der Waals surface area contributed by atoms with E-state index in [0.717, 1.165) is 33.7 Å². The summed E-state index contributed by atoms with van der Waals surface area (Å²) >= 11 is 7.24. The third kappa shape index (κ3) is 2.85. The molecule has 1 saturated carbocycles. The molecular weight excluding hydrogens is 384 g/mol. The van der Waals surface area contributed by atoms with Crippen LogP contribution in [0.4, 0.5) is 5.69 Å². The Labute approximate surface area is 137 Å². The van der Waals surface area contributed by atoms with E-state index in [2.05, 4.69) is 61.1 Å². The van der Waals surface area contributed by atoms with Crippen molar-refractivity contribution in [2.45, 2.75) is 31.8 Å². The van der Waals surface area contributed by atoms with Crippen molar-refractivity contribution in [3.8, 4) is 5.75 Å². The summed E-state index contributed by atoms with van der Waals surface area (Å²) in [5, 5.41) is 3.69. The summed E-state index contributed by atoms with van der Waals surface area (Å²) in [6, 6.07) is 5.33. The monoisotopic (exact) mass is 402 g/mol. The number of hydrogen-bond acceptors (Lipinski definition) is 3. The van der Waals surface area contributed by atoms with E-state index < -0.39 is 0 Å². The SMILES string of the molecule is COc1cc(N2CC(C3CC3)NCC2C)c(Br)cc1Br. The Morgan fingerprint density at radius 1 is 1.25 bits per heavy atom. The molecule has 0 bridgehead atoms. The van der Waals surface area contributed by atoms with E-state index in [0.29, 0.717) is 12.1 Å². The number of halogens is 2. The van der Waals surface area contributed by atoms with Crippen molar-refractivity contribution in [1.29, 1.82) is 0 Å². The zero-order valence-corrected chi connectivity index (χ0v) is 15.0. The largest absolute Gasteiger partial charge is 0.495 e. The number of methoxy groups -OCH3 is 1. The van der Waals surface area contributed by atoms with Crippen LogP contribution >= 0.6 is 31.9 Å². The first-order chi connectivity index (χ1) is 9.60. The highest BCUT2D eigenvalue weighted by molar-refractivity contribution is 9.11. The van der Waals surface area contributed by atoms with Gasteiger partial charge in [0.1, 0.15) is 5.75 Å². The first-order valence-electron chi connectivity index (χ1n) is 7.13. The van der Waals surface area contributed by atoms with Crippen LogP contribution in [0.2, 0.25) is 0 Å². The van der Waals surface area contributed by atoms with E-state index >= 15 is 0 Å². The fraction of sp³-hybridized carbons (Fsp3) is 0.600. The normalized spacial score (nSPS) is 26.7. The minimum Gasteiger partial charge on any atom is -0.495 e. The zero-order valence-electron chi connectivity index (χ0n) is 11.8. The van der Waals surface area contributed by atoms with E-state index in [1.807, 2.05) is 0 Å². The van der Waals surface area contributed by atoms with Crippen LogP contribution < -0.4 is 15.0 Å². The fourth-order valence-corrected chi connectivity index (χ4v) is 4.32. The van der Waals surface area contributed by atoms with Crippen LogP contribution in [0.1, 0.15) is 19.8 Å². The van der Waals surface area contributed by atoms with Crippen LogP contribution in [0.15, 0.2) is 21.1 Å². The van der Waals surface area contributed by atoms with Crippen LogP contribution in [0, 0.1) is 5.92 Å². The third-order valence-corrected chi connectivity index (χ3v) is 5.58. The molecule has 2 atom stereocenters. The lowest BCUT2D eigenvalue weighted by Gasteiger charge is -2.41. The van der Waals surface area contributed by atoms with Crippen molar-refractivity contribution in [2.75, 3.05) is 25.1 Å². The lowest BCUT2D eigenvalue weighted by atomic mass is 10.1. The van der Waals surface area contributed by atoms with Gasteiger partial charge < -0.3 is 15.0 Å². The first-order valence-corrected chi connectivity index (χ1v) is 8.71. The number of ether oxygens (including phenoxy) is 1. The molecule has 1 aliphatic heterocycles. The Balaban J connectivity index is 1.89. The van der Waals surface area contributed by atoms with Crippen LogP contribution in [-0.4, -0.2) is 32.3 Å². The molecule has 3 rings (SSSR count). The number of rotatable bonds is 3. The maximum atomic E-state index is 5.44. The molecule has 1 saturated heterocycles. The second kappa shape index (κ2) is 5.85. The molecule has 2 fully saturated rings. The van der Waals surface area contributed by atoms with Crippen molar-refractivity contribution in [2.24, 2.45) is 5.92 Å². The number of benzene rings is 1. The van der Waals surface area contributed by atoms with Gasteiger partial charge in [-0.1, -0.05) is 0 Å². The van der Waals surface area contributed by atoms with Crippen molar-refractivity contribution < 1.29 is 4.74 Å². The molecule has 1 heterocycles. The van der Waals surface area contributed by atoms with Crippen molar-refractivity contribution >= 4 is 37.5 Å². The molecule has 0 radical (unpaired) electrons. The van der Waals surface area contributed by atoms with E-state index in [1.165, 1.54) is 18.5 Å². The molecule has 2 aliphatic rings. The van der Waals surface area contributed by atoms with Gasteiger partial charge in [-0.05, 0) is 63.6 Å². The molecule has 0 aromatic heterocycles. The number of anilines is 1. The highest BCUT2D eigenvalue weighted by atomic mass is 79.9. The molecule has 1 N–H and O–H groups in total. The van der Waals surface area contributed by atoms with E-state index in [9.17, 15) is 0 Å². The van der Waals surface area contributed by atoms with Gasteiger partial charge in [-0.25, -0.2) is 0 Å². The summed E-state index contributed by atoms with van der Waals surface area (Å²) in [6.07, 6.45) is 2.76. The van der Waals surface area contributed by atoms with Gasteiger partial charge in [-0.2, -0.15) is 0 Å². The second-order valence-electron chi connectivity index (χ2n) is 5.79. The standard InChI is InChI=1S/C15H20Br2N2O/c1-9-7-18-13(10-3-4-10)8-19(9)14-6-15(20-2)12(17)5-11(14)16/h5-6,9-10,13,18H,3-4,7-8H2,1-2H3. The minimum atomic E-state index is 0.493. The fourth-order valence-electron chi connectivity index (χ4n) is 2.93. The van der Waals surface area contributed by atoms with Gasteiger partial charge in [0.2, 0.25) is 0 Å². The predicted octanol–water partition coefficient (Wildman–Crippen LogP) is 3.80. The molecule has 5 heteroatoms. The number of nitrogens with one attached hydrogen (secondary N) is 1. The van der Waals surface area contributed by atoms with Gasteiger partial charge in [0.15, 0.2) is 0 Å². The second-order valence-corrected chi connectivity index (χ2v) is 7.50. The molecular formula is C15H20Br2N2O. The number of piperazine rings is 1. The molecule has 1 aliphatic carbocycles. The summed E-state index contributed by atoms with van der Waals surface area (Å²) in [7, 11) is 1.71. The lowest BCUT2D eigenvalue weighted by Crippen LogP contribution is -2.56. The predicted molar refractivity (Wildman–Crippen MR) is 89.7 cm³/mol. The van der Waals surface area contributed by atoms with Crippen molar-refractivity contribution in [3.63, 3.8) is 0 Å². The van der Waals surface area contributed by atoms with Gasteiger partial charge in [0.25, 0.3) is 0 Å². The van der Waals surface area contributed by atoms with Gasteiger partial charge in [0, 0.05) is 35.7 Å². The van der Waals surface area contributed by atoms with Gasteiger partial charge >= 0.3 is 0 Å². The Morgan fingerprint density at radius 2 is 2.00 bits per heavy atom. The number of hydrogen-bond donors (Lipinski definition) is 1. The van der Waals surface area contributed by atoms with E-state index in [1.54, 1.807) is 7.11 Å². The third-order valence-electron chi connectivity index (χ3n) is 4.32. The summed E-state index contributed by atoms with van der Waals surface area (Å²) in [5.74, 6) is 1.76. The Morgan fingerprint density at radius 3 is 2.65 bits per heavy atom. The Bertz CT molecular complexity index is 505. The molecule has 20 heavy (non-hydrogen) atoms. The number of nitrogens with zero attached hydrogens (tertiary/aromatic N) is 1. The molecule has 3 nitrogen and oxygen atoms in total. The first kappa shape index (κ1) is 14.7.